The Morgan fingerprint density at radius 3 is 1.60 bits per heavy atom. The number of rotatable bonds is 8. The Labute approximate surface area is 115 Å². The van der Waals surface area contributed by atoms with E-state index >= 15 is 0 Å². The maximum absolute atomic E-state index is 10.6. The standard InChI is InChI=1S/C8H14O2S4Te/c1-7(9)11-3-5-13-15-14-6-4-12-8(2)10/h3-6H2,1-2H3. The van der Waals surface area contributed by atoms with Crippen LogP contribution in [0, 0.1) is 0 Å². The molecule has 0 aromatic heterocycles. The molecule has 0 atom stereocenters. The third-order valence-electron chi connectivity index (χ3n) is 1.04. The molecule has 0 saturated carbocycles. The van der Waals surface area contributed by atoms with Crippen LogP contribution in [0.25, 0.3) is 0 Å². The average molecular weight is 398 g/mol. The third-order valence-corrected chi connectivity index (χ3v) is 12.5. The van der Waals surface area contributed by atoms with Gasteiger partial charge < -0.3 is 0 Å². The van der Waals surface area contributed by atoms with Crippen molar-refractivity contribution in [2.24, 2.45) is 0 Å². The molecule has 0 aromatic carbocycles. The van der Waals surface area contributed by atoms with Gasteiger partial charge in [0.15, 0.2) is 0 Å². The first-order chi connectivity index (χ1) is 7.13. The first-order valence-corrected chi connectivity index (χ1v) is 13.8. The van der Waals surface area contributed by atoms with E-state index in [1.54, 1.807) is 13.8 Å². The van der Waals surface area contributed by atoms with Crippen molar-refractivity contribution in [3.8, 4) is 0 Å². The molecule has 0 unspecified atom stereocenters. The molecular formula is C8H14O2S4Te. The minimum absolute atomic E-state index is 0.0210. The van der Waals surface area contributed by atoms with Crippen LogP contribution < -0.4 is 0 Å². The molecule has 0 saturated heterocycles. The van der Waals surface area contributed by atoms with E-state index < -0.39 is 0 Å². The normalized spacial score (nSPS) is 10.3. The van der Waals surface area contributed by atoms with Gasteiger partial charge in [-0.05, 0) is 0 Å². The van der Waals surface area contributed by atoms with E-state index in [9.17, 15) is 9.59 Å². The van der Waals surface area contributed by atoms with Crippen molar-refractivity contribution >= 4 is 69.9 Å². The summed E-state index contributed by atoms with van der Waals surface area (Å²) in [6, 6.07) is 0. The molecule has 2 nitrogen and oxygen atoms in total. The van der Waals surface area contributed by atoms with Gasteiger partial charge in [0.25, 0.3) is 0 Å². The summed E-state index contributed by atoms with van der Waals surface area (Å²) in [6.07, 6.45) is 0. The van der Waals surface area contributed by atoms with E-state index in [1.165, 1.54) is 23.5 Å². The molecule has 0 spiro atoms. The van der Waals surface area contributed by atoms with Crippen molar-refractivity contribution in [1.29, 1.82) is 0 Å². The second-order valence-electron chi connectivity index (χ2n) is 2.39. The van der Waals surface area contributed by atoms with E-state index in [0.29, 0.717) is 0 Å². The van der Waals surface area contributed by atoms with Crippen molar-refractivity contribution in [2.75, 3.05) is 23.0 Å². The molecule has 15 heavy (non-hydrogen) atoms. The van der Waals surface area contributed by atoms with Crippen LogP contribution in [0.4, 0.5) is 0 Å². The molecular weight excluding hydrogens is 384 g/mol. The molecule has 0 bridgehead atoms. The van der Waals surface area contributed by atoms with Gasteiger partial charge in [-0.15, -0.1) is 0 Å². The zero-order valence-corrected chi connectivity index (χ0v) is 14.3. The van der Waals surface area contributed by atoms with Crippen LogP contribution in [-0.2, 0) is 9.59 Å². The van der Waals surface area contributed by atoms with Gasteiger partial charge in [-0.25, -0.2) is 0 Å². The van der Waals surface area contributed by atoms with Gasteiger partial charge in [0.2, 0.25) is 0 Å². The number of thioether (sulfide) groups is 2. The molecule has 0 aliphatic rings. The number of hydrogen-bond donors (Lipinski definition) is 0. The van der Waals surface area contributed by atoms with Crippen molar-refractivity contribution < 1.29 is 9.59 Å². The first-order valence-electron chi connectivity index (χ1n) is 4.30. The molecule has 0 radical (unpaired) electrons. The van der Waals surface area contributed by atoms with Gasteiger partial charge in [0.05, 0.1) is 0 Å². The van der Waals surface area contributed by atoms with Gasteiger partial charge in [-0.2, -0.15) is 0 Å². The second-order valence-corrected chi connectivity index (χ2v) is 14.3. The fourth-order valence-corrected chi connectivity index (χ4v) is 11.9. The van der Waals surface area contributed by atoms with E-state index in [2.05, 4.69) is 0 Å². The van der Waals surface area contributed by atoms with Crippen molar-refractivity contribution in [3.05, 3.63) is 0 Å². The molecule has 0 aliphatic heterocycles. The summed E-state index contributed by atoms with van der Waals surface area (Å²) in [5, 5.41) is 0.420. The Morgan fingerprint density at radius 2 is 1.27 bits per heavy atom. The second kappa shape index (κ2) is 12.0. The topological polar surface area (TPSA) is 34.1 Å². The zero-order valence-electron chi connectivity index (χ0n) is 8.69. The van der Waals surface area contributed by atoms with Gasteiger partial charge in [0, 0.05) is 0 Å². The number of hydrogen-bond acceptors (Lipinski definition) is 6. The van der Waals surface area contributed by atoms with Crippen molar-refractivity contribution in [1.82, 2.24) is 0 Å². The molecule has 0 aromatic rings. The van der Waals surface area contributed by atoms with Crippen LogP contribution in [0.5, 0.6) is 0 Å². The summed E-state index contributed by atoms with van der Waals surface area (Å²) in [5.74, 6) is 4.04. The Morgan fingerprint density at radius 1 is 0.867 bits per heavy atom. The molecule has 0 amide bonds. The average Bonchev–Trinajstić information content (AvgIpc) is 2.14. The van der Waals surface area contributed by atoms with Crippen LogP contribution in [0.15, 0.2) is 0 Å². The van der Waals surface area contributed by atoms with Crippen LogP contribution in [-0.4, -0.2) is 51.4 Å². The van der Waals surface area contributed by atoms with Crippen molar-refractivity contribution in [2.45, 2.75) is 13.8 Å². The van der Waals surface area contributed by atoms with E-state index in [1.807, 2.05) is 18.0 Å². The number of carbonyl (C=O) groups is 2. The van der Waals surface area contributed by atoms with E-state index in [4.69, 9.17) is 0 Å². The monoisotopic (exact) mass is 400 g/mol. The Bertz CT molecular complexity index is 181. The molecule has 0 fully saturated rings. The SMILES string of the molecule is CC(=O)SCCS[Te]SCCSC(C)=O. The maximum atomic E-state index is 10.6. The van der Waals surface area contributed by atoms with Crippen LogP contribution in [0.3, 0.4) is 0 Å². The van der Waals surface area contributed by atoms with E-state index in [-0.39, 0.29) is 28.4 Å². The Kier molecular flexibility index (Phi) is 13.2. The van der Waals surface area contributed by atoms with Crippen LogP contribution in [0.2, 0.25) is 0 Å². The summed E-state index contributed by atoms with van der Waals surface area (Å²) in [5.41, 5.74) is 0. The summed E-state index contributed by atoms with van der Waals surface area (Å²) >= 11 is 2.79. The van der Waals surface area contributed by atoms with Gasteiger partial charge in [-0.3, -0.25) is 0 Å². The predicted octanol–water partition coefficient (Wildman–Crippen LogP) is 2.55. The molecule has 0 rings (SSSR count). The summed E-state index contributed by atoms with van der Waals surface area (Å²) in [7, 11) is 3.96. The molecule has 7 heteroatoms. The predicted molar refractivity (Wildman–Crippen MR) is 76.9 cm³/mol. The fraction of sp³-hybridized carbons (Fsp3) is 0.750. The van der Waals surface area contributed by atoms with Gasteiger partial charge in [-0.1, -0.05) is 0 Å². The Balaban J connectivity index is 2.99. The van der Waals surface area contributed by atoms with Crippen LogP contribution in [0.1, 0.15) is 13.8 Å². The molecule has 0 aliphatic carbocycles. The Hall–Kier alpha value is 1.53. The van der Waals surface area contributed by atoms with Gasteiger partial charge >= 0.3 is 116 Å². The third kappa shape index (κ3) is 15.5. The van der Waals surface area contributed by atoms with Crippen molar-refractivity contribution in [3.63, 3.8) is 0 Å². The quantitative estimate of drug-likeness (QED) is 0.462. The first kappa shape index (κ1) is 16.5. The van der Waals surface area contributed by atoms with Gasteiger partial charge in [0.1, 0.15) is 0 Å². The summed E-state index contributed by atoms with van der Waals surface area (Å²) in [4.78, 5) is 21.2. The van der Waals surface area contributed by atoms with Crippen LogP contribution >= 0.6 is 41.5 Å². The molecule has 0 N–H and O–H groups in total. The fourth-order valence-electron chi connectivity index (χ4n) is 0.541. The minimum atomic E-state index is -0.0210. The number of carbonyl (C=O) groups excluding carboxylic acids is 2. The molecule has 88 valence electrons. The summed E-state index contributed by atoms with van der Waals surface area (Å²) in [6.45, 7) is 3.22. The summed E-state index contributed by atoms with van der Waals surface area (Å²) < 4.78 is 0. The molecule has 0 heterocycles. The zero-order chi connectivity index (χ0) is 11.5. The van der Waals surface area contributed by atoms with E-state index in [0.717, 1.165) is 23.0 Å².